The fourth-order valence-corrected chi connectivity index (χ4v) is 3.40. The van der Waals surface area contributed by atoms with Crippen molar-refractivity contribution < 1.29 is 9.53 Å². The lowest BCUT2D eigenvalue weighted by atomic mass is 10.1. The summed E-state index contributed by atoms with van der Waals surface area (Å²) < 4.78 is 7.72. The summed E-state index contributed by atoms with van der Waals surface area (Å²) in [6.45, 7) is 8.84. The Morgan fingerprint density at radius 1 is 1.04 bits per heavy atom. The minimum absolute atomic E-state index is 0.275. The van der Waals surface area contributed by atoms with E-state index >= 15 is 0 Å². The van der Waals surface area contributed by atoms with E-state index in [-0.39, 0.29) is 12.6 Å². The van der Waals surface area contributed by atoms with Gasteiger partial charge in [-0.3, -0.25) is 0 Å². The topological polar surface area (TPSA) is 31.2 Å². The predicted octanol–water partition coefficient (Wildman–Crippen LogP) is 5.99. The molecule has 3 aromatic rings. The number of nitrogens with zero attached hydrogens (tertiary/aromatic N) is 1. The highest BCUT2D eigenvalue weighted by Crippen LogP contribution is 2.30. The van der Waals surface area contributed by atoms with Gasteiger partial charge in [-0.25, -0.2) is 4.79 Å². The molecule has 0 saturated carbocycles. The molecule has 26 heavy (non-hydrogen) atoms. The van der Waals surface area contributed by atoms with Crippen LogP contribution in [0.3, 0.4) is 0 Å². The van der Waals surface area contributed by atoms with Gasteiger partial charge in [0.25, 0.3) is 0 Å². The van der Waals surface area contributed by atoms with Crippen molar-refractivity contribution in [2.24, 2.45) is 0 Å². The molecule has 0 N–H and O–H groups in total. The SMILES string of the molecule is C=C(C)C(=O)OCc1ccc2c(c1)c1ccccc1n2CCCCCC. The van der Waals surface area contributed by atoms with Crippen molar-refractivity contribution in [3.63, 3.8) is 0 Å². The number of aryl methyl sites for hydroxylation is 1. The summed E-state index contributed by atoms with van der Waals surface area (Å²) in [5.41, 5.74) is 3.95. The minimum Gasteiger partial charge on any atom is -0.457 e. The summed E-state index contributed by atoms with van der Waals surface area (Å²) in [4.78, 5) is 11.6. The molecule has 2 aromatic carbocycles. The van der Waals surface area contributed by atoms with Gasteiger partial charge in [0.2, 0.25) is 0 Å². The molecule has 0 aliphatic carbocycles. The zero-order chi connectivity index (χ0) is 18.5. The minimum atomic E-state index is -0.344. The van der Waals surface area contributed by atoms with Crippen LogP contribution in [0.5, 0.6) is 0 Å². The van der Waals surface area contributed by atoms with Crippen molar-refractivity contribution >= 4 is 27.8 Å². The first-order valence-electron chi connectivity index (χ1n) is 9.44. The van der Waals surface area contributed by atoms with Gasteiger partial charge < -0.3 is 9.30 Å². The molecule has 0 saturated heterocycles. The van der Waals surface area contributed by atoms with Gasteiger partial charge in [-0.05, 0) is 37.1 Å². The number of ether oxygens (including phenoxy) is 1. The molecule has 0 unspecified atom stereocenters. The van der Waals surface area contributed by atoms with E-state index in [4.69, 9.17) is 4.74 Å². The second-order valence-electron chi connectivity index (χ2n) is 6.94. The number of hydrogen-bond acceptors (Lipinski definition) is 2. The predicted molar refractivity (Wildman–Crippen MR) is 108 cm³/mol. The fraction of sp³-hybridized carbons (Fsp3) is 0.348. The maximum absolute atomic E-state index is 11.6. The zero-order valence-electron chi connectivity index (χ0n) is 15.8. The van der Waals surface area contributed by atoms with E-state index in [9.17, 15) is 4.79 Å². The Morgan fingerprint density at radius 3 is 2.58 bits per heavy atom. The van der Waals surface area contributed by atoms with Gasteiger partial charge in [0.15, 0.2) is 0 Å². The molecule has 0 aliphatic rings. The van der Waals surface area contributed by atoms with Gasteiger partial charge in [0.1, 0.15) is 6.61 Å². The molecule has 136 valence electrons. The van der Waals surface area contributed by atoms with Gasteiger partial charge in [-0.1, -0.05) is 57.0 Å². The van der Waals surface area contributed by atoms with Gasteiger partial charge in [0, 0.05) is 33.9 Å². The molecule has 0 atom stereocenters. The number of carbonyl (C=O) groups excluding carboxylic acids is 1. The van der Waals surface area contributed by atoms with Crippen LogP contribution in [-0.2, 0) is 22.7 Å². The Balaban J connectivity index is 1.92. The summed E-state index contributed by atoms with van der Waals surface area (Å²) in [5, 5.41) is 2.48. The van der Waals surface area contributed by atoms with E-state index in [1.54, 1.807) is 6.92 Å². The molecule has 3 heteroatoms. The van der Waals surface area contributed by atoms with Crippen LogP contribution in [0.25, 0.3) is 21.8 Å². The van der Waals surface area contributed by atoms with E-state index < -0.39 is 0 Å². The number of fused-ring (bicyclic) bond motifs is 3. The molecule has 1 heterocycles. The van der Waals surface area contributed by atoms with Gasteiger partial charge in [-0.2, -0.15) is 0 Å². The highest BCUT2D eigenvalue weighted by molar-refractivity contribution is 6.08. The standard InChI is InChI=1S/C23H27NO2/c1-4-5-6-9-14-24-21-11-8-7-10-19(21)20-15-18(12-13-22(20)24)16-26-23(25)17(2)3/h7-8,10-13,15H,2,4-6,9,14,16H2,1,3H3. The number of aromatic nitrogens is 1. The monoisotopic (exact) mass is 349 g/mol. The molecule has 3 rings (SSSR count). The summed E-state index contributed by atoms with van der Waals surface area (Å²) in [6, 6.07) is 14.9. The van der Waals surface area contributed by atoms with E-state index in [0.717, 1.165) is 12.1 Å². The van der Waals surface area contributed by atoms with Gasteiger partial charge >= 0.3 is 5.97 Å². The first-order chi connectivity index (χ1) is 12.6. The normalized spacial score (nSPS) is 11.2. The molecule has 3 nitrogen and oxygen atoms in total. The highest BCUT2D eigenvalue weighted by atomic mass is 16.5. The number of rotatable bonds is 8. The third-order valence-corrected chi connectivity index (χ3v) is 4.79. The van der Waals surface area contributed by atoms with Gasteiger partial charge in [0.05, 0.1) is 0 Å². The van der Waals surface area contributed by atoms with Crippen LogP contribution in [-0.4, -0.2) is 10.5 Å². The van der Waals surface area contributed by atoms with Crippen LogP contribution in [0.15, 0.2) is 54.6 Å². The van der Waals surface area contributed by atoms with E-state index in [1.807, 2.05) is 0 Å². The van der Waals surface area contributed by atoms with Crippen molar-refractivity contribution in [3.05, 3.63) is 60.2 Å². The lowest BCUT2D eigenvalue weighted by molar-refractivity contribution is -0.140. The van der Waals surface area contributed by atoms with Crippen LogP contribution in [0.2, 0.25) is 0 Å². The van der Waals surface area contributed by atoms with E-state index in [2.05, 4.69) is 60.5 Å². The first-order valence-corrected chi connectivity index (χ1v) is 9.44. The Hall–Kier alpha value is -2.55. The average Bonchev–Trinajstić information content (AvgIpc) is 2.96. The Kier molecular flexibility index (Phi) is 5.77. The van der Waals surface area contributed by atoms with E-state index in [0.29, 0.717) is 5.57 Å². The Morgan fingerprint density at radius 2 is 1.81 bits per heavy atom. The number of para-hydroxylation sites is 1. The quantitative estimate of drug-likeness (QED) is 0.284. The van der Waals surface area contributed by atoms with Gasteiger partial charge in [-0.15, -0.1) is 0 Å². The molecule has 0 spiro atoms. The molecule has 0 bridgehead atoms. The number of esters is 1. The zero-order valence-corrected chi connectivity index (χ0v) is 15.8. The van der Waals surface area contributed by atoms with E-state index in [1.165, 1.54) is 47.5 Å². The third kappa shape index (κ3) is 3.82. The smallest absolute Gasteiger partial charge is 0.333 e. The summed E-state index contributed by atoms with van der Waals surface area (Å²) >= 11 is 0. The summed E-state index contributed by atoms with van der Waals surface area (Å²) in [5.74, 6) is -0.344. The van der Waals surface area contributed by atoms with Crippen molar-refractivity contribution in [3.8, 4) is 0 Å². The second-order valence-corrected chi connectivity index (χ2v) is 6.94. The van der Waals surface area contributed by atoms with Crippen molar-refractivity contribution in [2.75, 3.05) is 0 Å². The van der Waals surface area contributed by atoms with Crippen molar-refractivity contribution in [2.45, 2.75) is 52.7 Å². The maximum atomic E-state index is 11.6. The third-order valence-electron chi connectivity index (χ3n) is 4.79. The molecular weight excluding hydrogens is 322 g/mol. The van der Waals surface area contributed by atoms with Crippen molar-refractivity contribution in [1.82, 2.24) is 4.57 Å². The first kappa shape index (κ1) is 18.2. The number of benzene rings is 2. The summed E-state index contributed by atoms with van der Waals surface area (Å²) in [7, 11) is 0. The van der Waals surface area contributed by atoms with Crippen LogP contribution in [0, 0.1) is 0 Å². The lowest BCUT2D eigenvalue weighted by Gasteiger charge is -2.08. The molecule has 0 aliphatic heterocycles. The number of carbonyl (C=O) groups is 1. The number of hydrogen-bond donors (Lipinski definition) is 0. The Labute approximate surface area is 155 Å². The second kappa shape index (κ2) is 8.22. The Bertz CT molecular complexity index is 936. The number of unbranched alkanes of at least 4 members (excludes halogenated alkanes) is 3. The molecule has 0 radical (unpaired) electrons. The van der Waals surface area contributed by atoms with Crippen LogP contribution < -0.4 is 0 Å². The van der Waals surface area contributed by atoms with Crippen molar-refractivity contribution in [1.29, 1.82) is 0 Å². The largest absolute Gasteiger partial charge is 0.457 e. The van der Waals surface area contributed by atoms with Crippen LogP contribution in [0.1, 0.15) is 45.1 Å². The highest BCUT2D eigenvalue weighted by Gasteiger charge is 2.11. The van der Waals surface area contributed by atoms with Crippen LogP contribution in [0.4, 0.5) is 0 Å². The molecule has 1 aromatic heterocycles. The maximum Gasteiger partial charge on any atom is 0.333 e. The molecule has 0 amide bonds. The average molecular weight is 349 g/mol. The van der Waals surface area contributed by atoms with Crippen LogP contribution >= 0.6 is 0 Å². The molecule has 0 fully saturated rings. The fourth-order valence-electron chi connectivity index (χ4n) is 3.40. The molecular formula is C23H27NO2. The summed E-state index contributed by atoms with van der Waals surface area (Å²) in [6.07, 6.45) is 4.99. The lowest BCUT2D eigenvalue weighted by Crippen LogP contribution is -2.04.